The van der Waals surface area contributed by atoms with Crippen molar-refractivity contribution in [1.82, 2.24) is 0 Å². The molecule has 0 spiro atoms. The van der Waals surface area contributed by atoms with Gasteiger partial charge < -0.3 is 0 Å². The van der Waals surface area contributed by atoms with Gasteiger partial charge in [-0.3, -0.25) is 10.1 Å². The van der Waals surface area contributed by atoms with Crippen molar-refractivity contribution in [2.75, 3.05) is 0 Å². The zero-order valence-corrected chi connectivity index (χ0v) is 12.6. The Hall–Kier alpha value is -1.68. The van der Waals surface area contributed by atoms with Gasteiger partial charge in [-0.05, 0) is 71.1 Å². The van der Waals surface area contributed by atoms with E-state index in [1.54, 1.807) is 6.07 Å². The van der Waals surface area contributed by atoms with Gasteiger partial charge >= 0.3 is 0 Å². The molecule has 0 saturated carbocycles. The Kier molecular flexibility index (Phi) is 3.71. The van der Waals surface area contributed by atoms with Crippen molar-refractivity contribution in [3.8, 4) is 11.1 Å². The highest BCUT2D eigenvalue weighted by atomic mass is 79.9. The molecule has 0 amide bonds. The molecule has 2 rings (SSSR count). The van der Waals surface area contributed by atoms with Gasteiger partial charge in [-0.25, -0.2) is 0 Å². The molecule has 0 N–H and O–H groups in total. The van der Waals surface area contributed by atoms with E-state index in [4.69, 9.17) is 0 Å². The number of benzene rings is 2. The highest BCUT2D eigenvalue weighted by Crippen LogP contribution is 2.34. The Morgan fingerprint density at radius 3 is 2.11 bits per heavy atom. The highest BCUT2D eigenvalue weighted by Gasteiger charge is 2.14. The zero-order chi connectivity index (χ0) is 14.2. The Morgan fingerprint density at radius 2 is 1.63 bits per heavy atom. The van der Waals surface area contributed by atoms with Crippen molar-refractivity contribution >= 4 is 21.6 Å². The van der Waals surface area contributed by atoms with E-state index < -0.39 is 0 Å². The van der Waals surface area contributed by atoms with Crippen LogP contribution in [0.15, 0.2) is 34.8 Å². The summed E-state index contributed by atoms with van der Waals surface area (Å²) < 4.78 is 0.509. The van der Waals surface area contributed by atoms with Crippen LogP contribution in [0.5, 0.6) is 0 Å². The summed E-state index contributed by atoms with van der Waals surface area (Å²) in [5, 5.41) is 10.8. The molecule has 0 fully saturated rings. The topological polar surface area (TPSA) is 43.1 Å². The third-order valence-corrected chi connectivity index (χ3v) is 3.75. The minimum absolute atomic E-state index is 0.0890. The quantitative estimate of drug-likeness (QED) is 0.580. The first kappa shape index (κ1) is 13.7. The summed E-state index contributed by atoms with van der Waals surface area (Å²) in [6, 6.07) is 9.39. The second-order valence-electron chi connectivity index (χ2n) is 4.70. The number of rotatable bonds is 2. The zero-order valence-electron chi connectivity index (χ0n) is 11.0. The van der Waals surface area contributed by atoms with Crippen molar-refractivity contribution in [3.63, 3.8) is 0 Å². The number of nitro groups is 1. The van der Waals surface area contributed by atoms with Gasteiger partial charge in [0.15, 0.2) is 0 Å². The molecule has 19 heavy (non-hydrogen) atoms. The fourth-order valence-electron chi connectivity index (χ4n) is 2.45. The Morgan fingerprint density at radius 1 is 1.05 bits per heavy atom. The van der Waals surface area contributed by atoms with Gasteiger partial charge in [-0.2, -0.15) is 0 Å². The molecule has 2 aromatic carbocycles. The maximum absolute atomic E-state index is 10.8. The van der Waals surface area contributed by atoms with Crippen molar-refractivity contribution in [1.29, 1.82) is 0 Å². The molecule has 2 aromatic rings. The SMILES string of the molecule is Cc1cc(C)c(-c2ccc([N+](=O)[O-])c(Br)c2)c(C)c1. The first-order valence-electron chi connectivity index (χ1n) is 5.92. The fraction of sp³-hybridized carbons (Fsp3) is 0.200. The Balaban J connectivity index is 2.61. The summed E-state index contributed by atoms with van der Waals surface area (Å²) in [6.45, 7) is 6.19. The van der Waals surface area contributed by atoms with Gasteiger partial charge in [-0.1, -0.05) is 17.7 Å². The predicted octanol–water partition coefficient (Wildman–Crippen LogP) is 4.95. The summed E-state index contributed by atoms with van der Waals surface area (Å²) in [4.78, 5) is 10.4. The summed E-state index contributed by atoms with van der Waals surface area (Å²) in [7, 11) is 0. The maximum Gasteiger partial charge on any atom is 0.283 e. The van der Waals surface area contributed by atoms with Gasteiger partial charge in [0.25, 0.3) is 5.69 Å². The number of hydrogen-bond acceptors (Lipinski definition) is 2. The van der Waals surface area contributed by atoms with Gasteiger partial charge in [0, 0.05) is 6.07 Å². The van der Waals surface area contributed by atoms with Crippen LogP contribution in [0, 0.1) is 30.9 Å². The Labute approximate surface area is 120 Å². The molecular weight excluding hydrogens is 306 g/mol. The molecule has 0 unspecified atom stereocenters. The standard InChI is InChI=1S/C15H14BrNO2/c1-9-6-10(2)15(11(3)7-9)12-4-5-14(17(18)19)13(16)8-12/h4-8H,1-3H3. The van der Waals surface area contributed by atoms with E-state index in [-0.39, 0.29) is 10.6 Å². The van der Waals surface area contributed by atoms with Crippen LogP contribution in [-0.2, 0) is 0 Å². The summed E-state index contributed by atoms with van der Waals surface area (Å²) in [5.74, 6) is 0. The third-order valence-electron chi connectivity index (χ3n) is 3.11. The number of aryl methyl sites for hydroxylation is 3. The van der Waals surface area contributed by atoms with Crippen molar-refractivity contribution in [2.45, 2.75) is 20.8 Å². The number of halogens is 1. The van der Waals surface area contributed by atoms with Crippen molar-refractivity contribution < 1.29 is 4.92 Å². The van der Waals surface area contributed by atoms with E-state index in [0.29, 0.717) is 4.47 Å². The third kappa shape index (κ3) is 2.68. The van der Waals surface area contributed by atoms with Crippen molar-refractivity contribution in [2.24, 2.45) is 0 Å². The molecule has 0 heterocycles. The fourth-order valence-corrected chi connectivity index (χ4v) is 2.97. The minimum atomic E-state index is -0.386. The van der Waals surface area contributed by atoms with Gasteiger partial charge in [0.05, 0.1) is 9.40 Å². The molecular formula is C15H14BrNO2. The second-order valence-corrected chi connectivity index (χ2v) is 5.55. The highest BCUT2D eigenvalue weighted by molar-refractivity contribution is 9.10. The molecule has 3 nitrogen and oxygen atoms in total. The smallest absolute Gasteiger partial charge is 0.258 e. The number of hydrogen-bond donors (Lipinski definition) is 0. The van der Waals surface area contributed by atoms with Crippen LogP contribution in [0.4, 0.5) is 5.69 Å². The van der Waals surface area contributed by atoms with Crippen molar-refractivity contribution in [3.05, 3.63) is 61.6 Å². The molecule has 4 heteroatoms. The molecule has 0 aliphatic carbocycles. The van der Waals surface area contributed by atoms with E-state index >= 15 is 0 Å². The van der Waals surface area contributed by atoms with Crippen LogP contribution in [0.1, 0.15) is 16.7 Å². The predicted molar refractivity (Wildman–Crippen MR) is 80.4 cm³/mol. The molecule has 98 valence electrons. The molecule has 0 saturated heterocycles. The van der Waals surface area contributed by atoms with Gasteiger partial charge in [0.2, 0.25) is 0 Å². The molecule has 0 atom stereocenters. The van der Waals surface area contributed by atoms with Gasteiger partial charge in [-0.15, -0.1) is 0 Å². The summed E-state index contributed by atoms with van der Waals surface area (Å²) in [6.07, 6.45) is 0. The number of nitro benzene ring substituents is 1. The van der Waals surface area contributed by atoms with E-state index in [0.717, 1.165) is 11.1 Å². The normalized spacial score (nSPS) is 10.5. The average molecular weight is 320 g/mol. The monoisotopic (exact) mass is 319 g/mol. The first-order valence-corrected chi connectivity index (χ1v) is 6.71. The molecule has 0 aliphatic rings. The van der Waals surface area contributed by atoms with Gasteiger partial charge in [0.1, 0.15) is 0 Å². The van der Waals surface area contributed by atoms with Crippen LogP contribution in [0.25, 0.3) is 11.1 Å². The van der Waals surface area contributed by atoms with E-state index in [9.17, 15) is 10.1 Å². The van der Waals surface area contributed by atoms with Crippen LogP contribution in [0.2, 0.25) is 0 Å². The lowest BCUT2D eigenvalue weighted by molar-refractivity contribution is -0.385. The lowest BCUT2D eigenvalue weighted by Gasteiger charge is -2.12. The number of nitrogens with zero attached hydrogens (tertiary/aromatic N) is 1. The van der Waals surface area contributed by atoms with Crippen LogP contribution >= 0.6 is 15.9 Å². The van der Waals surface area contributed by atoms with E-state index in [2.05, 4.69) is 48.8 Å². The summed E-state index contributed by atoms with van der Waals surface area (Å²) >= 11 is 3.27. The molecule has 0 aromatic heterocycles. The molecule has 0 radical (unpaired) electrons. The molecule has 0 bridgehead atoms. The van der Waals surface area contributed by atoms with Crippen LogP contribution in [0.3, 0.4) is 0 Å². The second kappa shape index (κ2) is 5.13. The van der Waals surface area contributed by atoms with E-state index in [1.165, 1.54) is 22.8 Å². The molecule has 0 aliphatic heterocycles. The van der Waals surface area contributed by atoms with Crippen LogP contribution in [-0.4, -0.2) is 4.92 Å². The summed E-state index contributed by atoms with van der Waals surface area (Å²) in [5.41, 5.74) is 5.80. The Bertz CT molecular complexity index is 642. The lowest BCUT2D eigenvalue weighted by Crippen LogP contribution is -1.93. The average Bonchev–Trinajstić information content (AvgIpc) is 2.26. The minimum Gasteiger partial charge on any atom is -0.258 e. The van der Waals surface area contributed by atoms with Crippen LogP contribution < -0.4 is 0 Å². The lowest BCUT2D eigenvalue weighted by atomic mass is 9.94. The maximum atomic E-state index is 10.8. The largest absolute Gasteiger partial charge is 0.283 e. The first-order chi connectivity index (χ1) is 8.90. The van der Waals surface area contributed by atoms with E-state index in [1.807, 2.05) is 6.07 Å².